The number of carbonyl (C=O) groups is 1. The first-order valence-electron chi connectivity index (χ1n) is 8.70. The van der Waals surface area contributed by atoms with Crippen molar-refractivity contribution < 1.29 is 9.53 Å². The number of aromatic nitrogens is 2. The first-order chi connectivity index (χ1) is 12.8. The van der Waals surface area contributed by atoms with Crippen LogP contribution in [-0.2, 0) is 22.6 Å². The lowest BCUT2D eigenvalue weighted by molar-refractivity contribution is -0.120. The largest absolute Gasteiger partial charge is 0.383 e. The number of hydrogen-bond acceptors (Lipinski definition) is 4. The summed E-state index contributed by atoms with van der Waals surface area (Å²) in [4.78, 5) is 16.2. The average molecular weight is 352 g/mol. The van der Waals surface area contributed by atoms with Crippen LogP contribution < -0.4 is 10.6 Å². The quantitative estimate of drug-likeness (QED) is 0.578. The topological polar surface area (TPSA) is 68.2 Å². The molecule has 0 bridgehead atoms. The molecule has 6 nitrogen and oxygen atoms in total. The van der Waals surface area contributed by atoms with Gasteiger partial charge in [0.1, 0.15) is 0 Å². The molecule has 2 aromatic carbocycles. The fourth-order valence-corrected chi connectivity index (χ4v) is 2.73. The third kappa shape index (κ3) is 4.91. The highest BCUT2D eigenvalue weighted by atomic mass is 16.5. The highest BCUT2D eigenvalue weighted by Gasteiger charge is 2.04. The standard InChI is InChI=1S/C20H24N4O2/c1-26-11-10-21-13-20(25)22-12-16-6-8-17(9-7-16)14-24-15-23-18-4-2-3-5-19(18)24/h2-9,15,21H,10-14H2,1H3,(H,22,25). The minimum atomic E-state index is -0.0185. The van der Waals surface area contributed by atoms with Gasteiger partial charge >= 0.3 is 0 Å². The van der Waals surface area contributed by atoms with E-state index in [-0.39, 0.29) is 5.91 Å². The number of carbonyl (C=O) groups excluding carboxylic acids is 1. The van der Waals surface area contributed by atoms with Crippen LogP contribution in [0.5, 0.6) is 0 Å². The Labute approximate surface area is 153 Å². The van der Waals surface area contributed by atoms with Crippen LogP contribution in [0.3, 0.4) is 0 Å². The van der Waals surface area contributed by atoms with Crippen LogP contribution in [0.4, 0.5) is 0 Å². The van der Waals surface area contributed by atoms with E-state index in [1.54, 1.807) is 7.11 Å². The van der Waals surface area contributed by atoms with E-state index in [1.165, 1.54) is 5.56 Å². The molecule has 0 atom stereocenters. The van der Waals surface area contributed by atoms with Gasteiger partial charge in [0.15, 0.2) is 0 Å². The lowest BCUT2D eigenvalue weighted by Gasteiger charge is -2.08. The van der Waals surface area contributed by atoms with Gasteiger partial charge in [0.25, 0.3) is 0 Å². The summed E-state index contributed by atoms with van der Waals surface area (Å²) in [5, 5.41) is 5.93. The number of hydrogen-bond donors (Lipinski definition) is 2. The van der Waals surface area contributed by atoms with E-state index >= 15 is 0 Å². The Kier molecular flexibility index (Phi) is 6.35. The van der Waals surface area contributed by atoms with Crippen molar-refractivity contribution in [1.82, 2.24) is 20.2 Å². The van der Waals surface area contributed by atoms with Gasteiger partial charge < -0.3 is 19.9 Å². The normalized spacial score (nSPS) is 11.0. The van der Waals surface area contributed by atoms with Crippen LogP contribution in [0.2, 0.25) is 0 Å². The van der Waals surface area contributed by atoms with E-state index < -0.39 is 0 Å². The maximum Gasteiger partial charge on any atom is 0.234 e. The number of amides is 1. The number of nitrogens with zero attached hydrogens (tertiary/aromatic N) is 2. The maximum absolute atomic E-state index is 11.8. The van der Waals surface area contributed by atoms with Gasteiger partial charge in [-0.15, -0.1) is 0 Å². The third-order valence-electron chi connectivity index (χ3n) is 4.16. The van der Waals surface area contributed by atoms with Gasteiger partial charge in [-0.2, -0.15) is 0 Å². The van der Waals surface area contributed by atoms with E-state index in [0.29, 0.717) is 26.2 Å². The number of methoxy groups -OCH3 is 1. The second-order valence-electron chi connectivity index (χ2n) is 6.12. The van der Waals surface area contributed by atoms with Crippen molar-refractivity contribution in [3.8, 4) is 0 Å². The molecule has 1 aromatic heterocycles. The number of rotatable bonds is 9. The minimum absolute atomic E-state index is 0.0185. The Hall–Kier alpha value is -2.70. The van der Waals surface area contributed by atoms with Crippen molar-refractivity contribution in [3.05, 3.63) is 66.0 Å². The molecule has 0 saturated heterocycles. The summed E-state index contributed by atoms with van der Waals surface area (Å²) in [6.45, 7) is 2.87. The van der Waals surface area contributed by atoms with Gasteiger partial charge in [0.05, 0.1) is 30.5 Å². The summed E-state index contributed by atoms with van der Waals surface area (Å²) >= 11 is 0. The van der Waals surface area contributed by atoms with Crippen molar-refractivity contribution in [3.63, 3.8) is 0 Å². The summed E-state index contributed by atoms with van der Waals surface area (Å²) in [7, 11) is 1.64. The summed E-state index contributed by atoms with van der Waals surface area (Å²) in [5.41, 5.74) is 4.41. The fraction of sp³-hybridized carbons (Fsp3) is 0.300. The molecule has 0 saturated carbocycles. The molecule has 0 unspecified atom stereocenters. The number of nitrogens with one attached hydrogen (secondary N) is 2. The van der Waals surface area contributed by atoms with Crippen LogP contribution in [0.25, 0.3) is 11.0 Å². The van der Waals surface area contributed by atoms with Gasteiger partial charge in [0, 0.05) is 26.7 Å². The molecule has 2 N–H and O–H groups in total. The Balaban J connectivity index is 1.50. The third-order valence-corrected chi connectivity index (χ3v) is 4.16. The van der Waals surface area contributed by atoms with Crippen molar-refractivity contribution in [2.24, 2.45) is 0 Å². The molecule has 1 heterocycles. The predicted octanol–water partition coefficient (Wildman–Crippen LogP) is 1.94. The molecule has 0 aliphatic carbocycles. The molecule has 0 fully saturated rings. The van der Waals surface area contributed by atoms with Crippen LogP contribution in [0.15, 0.2) is 54.9 Å². The van der Waals surface area contributed by atoms with Crippen LogP contribution in [0, 0.1) is 0 Å². The molecular formula is C20H24N4O2. The highest BCUT2D eigenvalue weighted by molar-refractivity contribution is 5.78. The molecule has 26 heavy (non-hydrogen) atoms. The smallest absolute Gasteiger partial charge is 0.234 e. The van der Waals surface area contributed by atoms with E-state index in [9.17, 15) is 4.79 Å². The molecule has 3 rings (SSSR count). The van der Waals surface area contributed by atoms with Crippen LogP contribution >= 0.6 is 0 Å². The first-order valence-corrected chi connectivity index (χ1v) is 8.70. The second-order valence-corrected chi connectivity index (χ2v) is 6.12. The predicted molar refractivity (Wildman–Crippen MR) is 102 cm³/mol. The van der Waals surface area contributed by atoms with E-state index in [0.717, 1.165) is 23.1 Å². The number of ether oxygens (including phenoxy) is 1. The Morgan fingerprint density at radius 3 is 2.69 bits per heavy atom. The lowest BCUT2D eigenvalue weighted by atomic mass is 10.1. The molecule has 0 aliphatic rings. The number of benzene rings is 2. The summed E-state index contributed by atoms with van der Waals surface area (Å²) < 4.78 is 7.06. The van der Waals surface area contributed by atoms with Crippen LogP contribution in [0.1, 0.15) is 11.1 Å². The van der Waals surface area contributed by atoms with Crippen molar-refractivity contribution in [2.75, 3.05) is 26.8 Å². The Bertz CT molecular complexity index is 842. The number of fused-ring (bicyclic) bond motifs is 1. The van der Waals surface area contributed by atoms with Crippen LogP contribution in [-0.4, -0.2) is 42.3 Å². The van der Waals surface area contributed by atoms with E-state index in [2.05, 4.69) is 38.4 Å². The first kappa shape index (κ1) is 18.1. The van der Waals surface area contributed by atoms with Gasteiger partial charge in [-0.1, -0.05) is 36.4 Å². The summed E-state index contributed by atoms with van der Waals surface area (Å²) in [5.74, 6) is -0.0185. The SMILES string of the molecule is COCCNCC(=O)NCc1ccc(Cn2cnc3ccccc32)cc1. The Morgan fingerprint density at radius 1 is 1.12 bits per heavy atom. The van der Waals surface area contributed by atoms with Crippen molar-refractivity contribution in [1.29, 1.82) is 0 Å². The zero-order chi connectivity index (χ0) is 18.2. The molecule has 1 amide bonds. The van der Waals surface area contributed by atoms with E-state index in [4.69, 9.17) is 4.74 Å². The lowest BCUT2D eigenvalue weighted by Crippen LogP contribution is -2.34. The summed E-state index contributed by atoms with van der Waals surface area (Å²) in [6, 6.07) is 16.4. The number of para-hydroxylation sites is 2. The van der Waals surface area contributed by atoms with Crippen molar-refractivity contribution in [2.45, 2.75) is 13.1 Å². The zero-order valence-corrected chi connectivity index (χ0v) is 14.9. The minimum Gasteiger partial charge on any atom is -0.383 e. The van der Waals surface area contributed by atoms with Gasteiger partial charge in [-0.05, 0) is 23.3 Å². The molecular weight excluding hydrogens is 328 g/mol. The zero-order valence-electron chi connectivity index (χ0n) is 14.9. The molecule has 136 valence electrons. The molecule has 6 heteroatoms. The average Bonchev–Trinajstić information content (AvgIpc) is 3.08. The molecule has 0 spiro atoms. The van der Waals surface area contributed by atoms with Crippen molar-refractivity contribution >= 4 is 16.9 Å². The second kappa shape index (κ2) is 9.12. The molecule has 0 radical (unpaired) electrons. The van der Waals surface area contributed by atoms with Gasteiger partial charge in [0.2, 0.25) is 5.91 Å². The monoisotopic (exact) mass is 352 g/mol. The van der Waals surface area contributed by atoms with Gasteiger partial charge in [-0.25, -0.2) is 4.98 Å². The molecule has 0 aliphatic heterocycles. The fourth-order valence-electron chi connectivity index (χ4n) is 2.73. The van der Waals surface area contributed by atoms with Gasteiger partial charge in [-0.3, -0.25) is 4.79 Å². The maximum atomic E-state index is 11.8. The summed E-state index contributed by atoms with van der Waals surface area (Å²) in [6.07, 6.45) is 1.87. The highest BCUT2D eigenvalue weighted by Crippen LogP contribution is 2.14. The number of imidazole rings is 1. The molecule has 3 aromatic rings. The Morgan fingerprint density at radius 2 is 1.88 bits per heavy atom. The van der Waals surface area contributed by atoms with E-state index in [1.807, 2.05) is 36.7 Å².